The number of aryl methyl sites for hydroxylation is 1. The van der Waals surface area contributed by atoms with Crippen molar-refractivity contribution in [2.45, 2.75) is 39.3 Å². The molecule has 1 heterocycles. The minimum absolute atomic E-state index is 0.144. The summed E-state index contributed by atoms with van der Waals surface area (Å²) in [4.78, 5) is 2.52. The first-order valence-electron chi connectivity index (χ1n) is 6.76. The molecule has 0 bridgehead atoms. The van der Waals surface area contributed by atoms with Gasteiger partial charge in [0.15, 0.2) is 0 Å². The van der Waals surface area contributed by atoms with E-state index in [2.05, 4.69) is 24.1 Å². The predicted octanol–water partition coefficient (Wildman–Crippen LogP) is 2.71. The molecule has 100 valence electrons. The molecule has 18 heavy (non-hydrogen) atoms. The van der Waals surface area contributed by atoms with Gasteiger partial charge >= 0.3 is 0 Å². The van der Waals surface area contributed by atoms with E-state index in [-0.39, 0.29) is 11.4 Å². The van der Waals surface area contributed by atoms with Crippen molar-refractivity contribution in [3.8, 4) is 0 Å². The Morgan fingerprint density at radius 3 is 2.89 bits per heavy atom. The summed E-state index contributed by atoms with van der Waals surface area (Å²) in [5, 5.41) is 3.46. The highest BCUT2D eigenvalue weighted by Crippen LogP contribution is 2.24. The van der Waals surface area contributed by atoms with Crippen molar-refractivity contribution in [3.05, 3.63) is 35.1 Å². The summed E-state index contributed by atoms with van der Waals surface area (Å²) in [6, 6.07) is 5.11. The molecular weight excluding hydrogens is 227 g/mol. The second-order valence-corrected chi connectivity index (χ2v) is 5.52. The van der Waals surface area contributed by atoms with E-state index in [1.807, 2.05) is 13.0 Å². The maximum atomic E-state index is 13.1. The van der Waals surface area contributed by atoms with Crippen LogP contribution in [0.2, 0.25) is 0 Å². The summed E-state index contributed by atoms with van der Waals surface area (Å²) in [5.41, 5.74) is 2.49. The maximum absolute atomic E-state index is 13.1. The summed E-state index contributed by atoms with van der Waals surface area (Å²) < 4.78 is 13.1. The van der Waals surface area contributed by atoms with E-state index in [9.17, 15) is 4.39 Å². The topological polar surface area (TPSA) is 15.3 Å². The van der Waals surface area contributed by atoms with Gasteiger partial charge in [0.25, 0.3) is 0 Å². The molecule has 0 amide bonds. The van der Waals surface area contributed by atoms with Gasteiger partial charge in [-0.2, -0.15) is 0 Å². The number of benzene rings is 1. The molecule has 1 aromatic rings. The van der Waals surface area contributed by atoms with Crippen molar-refractivity contribution in [3.63, 3.8) is 0 Å². The molecule has 1 atom stereocenters. The zero-order valence-corrected chi connectivity index (χ0v) is 11.6. The molecule has 2 rings (SSSR count). The van der Waals surface area contributed by atoms with E-state index >= 15 is 0 Å². The van der Waals surface area contributed by atoms with Gasteiger partial charge in [0.05, 0.1) is 0 Å². The Labute approximate surface area is 109 Å². The normalized spacial score (nSPS) is 25.3. The van der Waals surface area contributed by atoms with Crippen molar-refractivity contribution in [1.29, 1.82) is 0 Å². The Bertz CT molecular complexity index is 419. The van der Waals surface area contributed by atoms with Crippen LogP contribution in [-0.2, 0) is 6.54 Å². The molecule has 1 aliphatic heterocycles. The van der Waals surface area contributed by atoms with Crippen molar-refractivity contribution in [2.75, 3.05) is 19.6 Å². The Hall–Kier alpha value is -0.930. The van der Waals surface area contributed by atoms with Crippen molar-refractivity contribution in [1.82, 2.24) is 10.2 Å². The summed E-state index contributed by atoms with van der Waals surface area (Å²) in [7, 11) is 0. The first kappa shape index (κ1) is 13.5. The predicted molar refractivity (Wildman–Crippen MR) is 73.1 cm³/mol. The number of hydrogen-bond donors (Lipinski definition) is 1. The van der Waals surface area contributed by atoms with Gasteiger partial charge < -0.3 is 5.32 Å². The average Bonchev–Trinajstić information content (AvgIpc) is 2.35. The van der Waals surface area contributed by atoms with Crippen molar-refractivity contribution < 1.29 is 4.39 Å². The molecule has 3 heteroatoms. The third-order valence-corrected chi connectivity index (χ3v) is 4.26. The monoisotopic (exact) mass is 250 g/mol. The number of hydrogen-bond acceptors (Lipinski definition) is 2. The highest BCUT2D eigenvalue weighted by molar-refractivity contribution is 5.26. The van der Waals surface area contributed by atoms with Crippen molar-refractivity contribution in [2.24, 2.45) is 0 Å². The first-order chi connectivity index (χ1) is 8.55. The third kappa shape index (κ3) is 2.73. The summed E-state index contributed by atoms with van der Waals surface area (Å²) in [6.45, 7) is 10.6. The van der Waals surface area contributed by atoms with Gasteiger partial charge in [-0.3, -0.25) is 4.90 Å². The van der Waals surface area contributed by atoms with Crippen molar-refractivity contribution >= 4 is 0 Å². The van der Waals surface area contributed by atoms with Crippen LogP contribution >= 0.6 is 0 Å². The molecule has 1 fully saturated rings. The fraction of sp³-hybridized carbons (Fsp3) is 0.600. The molecule has 1 aromatic carbocycles. The molecule has 1 saturated heterocycles. The van der Waals surface area contributed by atoms with Gasteiger partial charge in [0, 0.05) is 31.7 Å². The molecule has 1 unspecified atom stereocenters. The fourth-order valence-corrected chi connectivity index (χ4v) is 2.61. The van der Waals surface area contributed by atoms with Gasteiger partial charge in [-0.25, -0.2) is 4.39 Å². The third-order valence-electron chi connectivity index (χ3n) is 4.26. The van der Waals surface area contributed by atoms with E-state index in [4.69, 9.17) is 0 Å². The Kier molecular flexibility index (Phi) is 4.03. The highest BCUT2D eigenvalue weighted by atomic mass is 19.1. The lowest BCUT2D eigenvalue weighted by atomic mass is 9.93. The Morgan fingerprint density at radius 2 is 2.22 bits per heavy atom. The first-order valence-corrected chi connectivity index (χ1v) is 6.76. The zero-order valence-electron chi connectivity index (χ0n) is 11.6. The van der Waals surface area contributed by atoms with Crippen LogP contribution in [0.25, 0.3) is 0 Å². The lowest BCUT2D eigenvalue weighted by Crippen LogP contribution is -2.58. The lowest BCUT2D eigenvalue weighted by Gasteiger charge is -2.45. The largest absolute Gasteiger partial charge is 0.314 e. The van der Waals surface area contributed by atoms with Crippen LogP contribution in [0, 0.1) is 12.7 Å². The minimum atomic E-state index is -0.144. The molecule has 1 N–H and O–H groups in total. The standard InChI is InChI=1S/C15H23FN2/c1-4-15(3)11-17-7-8-18(15)10-13-5-6-14(16)9-12(13)2/h5-6,9,17H,4,7-8,10-11H2,1-3H3. The molecule has 1 aliphatic rings. The second-order valence-electron chi connectivity index (χ2n) is 5.52. The van der Waals surface area contributed by atoms with Crippen LogP contribution in [0.4, 0.5) is 4.39 Å². The van der Waals surface area contributed by atoms with Gasteiger partial charge in [-0.1, -0.05) is 13.0 Å². The molecule has 0 spiro atoms. The number of rotatable bonds is 3. The summed E-state index contributed by atoms with van der Waals surface area (Å²) in [5.74, 6) is -0.144. The zero-order chi connectivity index (χ0) is 13.2. The molecular formula is C15H23FN2. The number of nitrogens with one attached hydrogen (secondary N) is 1. The number of piperazine rings is 1. The van der Waals surface area contributed by atoms with Gasteiger partial charge in [0.2, 0.25) is 0 Å². The van der Waals surface area contributed by atoms with Crippen LogP contribution in [0.3, 0.4) is 0 Å². The van der Waals surface area contributed by atoms with Gasteiger partial charge in [-0.15, -0.1) is 0 Å². The summed E-state index contributed by atoms with van der Waals surface area (Å²) >= 11 is 0. The lowest BCUT2D eigenvalue weighted by molar-refractivity contribution is 0.0636. The number of nitrogens with zero attached hydrogens (tertiary/aromatic N) is 1. The quantitative estimate of drug-likeness (QED) is 0.887. The molecule has 0 aromatic heterocycles. The Balaban J connectivity index is 2.16. The van der Waals surface area contributed by atoms with E-state index in [1.165, 1.54) is 5.56 Å². The van der Waals surface area contributed by atoms with E-state index in [0.717, 1.165) is 38.2 Å². The van der Waals surface area contributed by atoms with E-state index in [1.54, 1.807) is 12.1 Å². The number of halogens is 1. The SMILES string of the molecule is CCC1(C)CNCCN1Cc1ccc(F)cc1C. The van der Waals surface area contributed by atoms with Gasteiger partial charge in [-0.05, 0) is 43.5 Å². The highest BCUT2D eigenvalue weighted by Gasteiger charge is 2.32. The molecule has 2 nitrogen and oxygen atoms in total. The molecule has 0 aliphatic carbocycles. The van der Waals surface area contributed by atoms with Crippen LogP contribution < -0.4 is 5.32 Å². The average molecular weight is 250 g/mol. The second kappa shape index (κ2) is 5.37. The Morgan fingerprint density at radius 1 is 1.44 bits per heavy atom. The minimum Gasteiger partial charge on any atom is -0.314 e. The van der Waals surface area contributed by atoms with Crippen LogP contribution in [0.1, 0.15) is 31.4 Å². The smallest absolute Gasteiger partial charge is 0.123 e. The van der Waals surface area contributed by atoms with E-state index < -0.39 is 0 Å². The fourth-order valence-electron chi connectivity index (χ4n) is 2.61. The molecule has 0 saturated carbocycles. The van der Waals surface area contributed by atoms with Crippen LogP contribution in [0.5, 0.6) is 0 Å². The van der Waals surface area contributed by atoms with Crippen LogP contribution in [0.15, 0.2) is 18.2 Å². The van der Waals surface area contributed by atoms with E-state index in [0.29, 0.717) is 0 Å². The summed E-state index contributed by atoms with van der Waals surface area (Å²) in [6.07, 6.45) is 1.13. The van der Waals surface area contributed by atoms with Gasteiger partial charge in [0.1, 0.15) is 5.82 Å². The molecule has 0 radical (unpaired) electrons. The maximum Gasteiger partial charge on any atom is 0.123 e. The van der Waals surface area contributed by atoms with Crippen LogP contribution in [-0.4, -0.2) is 30.1 Å².